The van der Waals surface area contributed by atoms with Crippen molar-refractivity contribution in [1.82, 2.24) is 15.0 Å². The lowest BCUT2D eigenvalue weighted by Gasteiger charge is -2.35. The predicted octanol–water partition coefficient (Wildman–Crippen LogP) is 6.59. The Morgan fingerprint density at radius 3 is 2.52 bits per heavy atom. The molecule has 0 aliphatic carbocycles. The van der Waals surface area contributed by atoms with E-state index in [0.717, 1.165) is 28.1 Å². The fourth-order valence-corrected chi connectivity index (χ4v) is 5.26. The second-order valence-corrected chi connectivity index (χ2v) is 11.3. The maximum Gasteiger partial charge on any atom is 0.330 e. The fourth-order valence-electron chi connectivity index (χ4n) is 5.26. The van der Waals surface area contributed by atoms with Crippen LogP contribution in [0.4, 0.5) is 39.3 Å². The zero-order valence-corrected chi connectivity index (χ0v) is 26.5. The number of nitrogens with one attached hydrogen (secondary N) is 2. The summed E-state index contributed by atoms with van der Waals surface area (Å²) in [5.41, 5.74) is 5.17. The highest BCUT2D eigenvalue weighted by molar-refractivity contribution is 6.07. The fraction of sp³-hybridized carbons (Fsp3) is 0.171. The van der Waals surface area contributed by atoms with Crippen LogP contribution in [-0.4, -0.2) is 45.5 Å². The van der Waals surface area contributed by atoms with Crippen molar-refractivity contribution in [2.45, 2.75) is 26.8 Å². The molecule has 2 aromatic heterocycles. The van der Waals surface area contributed by atoms with Crippen LogP contribution in [0.25, 0.3) is 0 Å². The molecule has 48 heavy (non-hydrogen) atoms. The number of nitro groups is 1. The topological polar surface area (TPSA) is 156 Å². The number of anilines is 5. The lowest BCUT2D eigenvalue weighted by Crippen LogP contribution is -2.46. The number of carbonyl (C=O) groups excluding carboxylic acids is 2. The van der Waals surface area contributed by atoms with Gasteiger partial charge in [-0.1, -0.05) is 36.4 Å². The Hall–Kier alpha value is -6.37. The second-order valence-electron chi connectivity index (χ2n) is 11.3. The number of nitrogens with zero attached hydrogens (tertiary/aromatic N) is 6. The van der Waals surface area contributed by atoms with Gasteiger partial charge in [-0.05, 0) is 55.3 Å². The molecular formula is C35H32N8O5. The van der Waals surface area contributed by atoms with Crippen molar-refractivity contribution >= 4 is 46.5 Å². The molecule has 0 radical (unpaired) electrons. The lowest BCUT2D eigenvalue weighted by atomic mass is 10.1. The van der Waals surface area contributed by atoms with E-state index in [0.29, 0.717) is 29.6 Å². The number of hydrogen-bond acceptors (Lipinski definition) is 9. The van der Waals surface area contributed by atoms with Gasteiger partial charge in [0, 0.05) is 54.3 Å². The summed E-state index contributed by atoms with van der Waals surface area (Å²) >= 11 is 0. The SMILES string of the molecule is Cc1ccc(Nc2ncc3c(n2)N(C)C(=O)N(c2cc(NC(=O)c4ccc([N+](=O)[O-])c(OCCc5ccccc5)c4)ccc2C)C3)cn1. The number of aromatic nitrogens is 3. The second kappa shape index (κ2) is 13.5. The highest BCUT2D eigenvalue weighted by Crippen LogP contribution is 2.34. The lowest BCUT2D eigenvalue weighted by molar-refractivity contribution is -0.385. The van der Waals surface area contributed by atoms with Gasteiger partial charge in [0.15, 0.2) is 5.75 Å². The molecule has 13 heteroatoms. The minimum atomic E-state index is -0.541. The standard InChI is InChI=1S/C35H32N8O5/c1-22-9-12-27(38-33(44)25-11-14-29(43(46)47)31(17-25)48-16-15-24-7-5-4-6-8-24)18-30(22)42-21-26-19-37-34(40-32(26)41(3)35(42)45)39-28-13-10-23(2)36-20-28/h4-14,17-20H,15-16,21H2,1-3H3,(H,38,44)(H,37,39,40). The summed E-state index contributed by atoms with van der Waals surface area (Å²) in [7, 11) is 1.65. The maximum absolute atomic E-state index is 13.6. The summed E-state index contributed by atoms with van der Waals surface area (Å²) in [5, 5.41) is 17.6. The highest BCUT2D eigenvalue weighted by atomic mass is 16.6. The van der Waals surface area contributed by atoms with Crippen molar-refractivity contribution in [2.75, 3.05) is 34.1 Å². The molecule has 1 aliphatic heterocycles. The van der Waals surface area contributed by atoms with E-state index in [4.69, 9.17) is 4.74 Å². The predicted molar refractivity (Wildman–Crippen MR) is 182 cm³/mol. The Kier molecular flexibility index (Phi) is 8.92. The number of rotatable bonds is 10. The number of nitro benzene ring substituents is 1. The molecule has 5 aromatic rings. The zero-order chi connectivity index (χ0) is 33.8. The molecule has 3 aromatic carbocycles. The number of ether oxygens (including phenoxy) is 1. The molecule has 0 saturated carbocycles. The number of urea groups is 1. The Morgan fingerprint density at radius 1 is 0.979 bits per heavy atom. The minimum absolute atomic E-state index is 0.00454. The first kappa shape index (κ1) is 31.6. The van der Waals surface area contributed by atoms with Crippen molar-refractivity contribution in [1.29, 1.82) is 0 Å². The van der Waals surface area contributed by atoms with Gasteiger partial charge in [-0.25, -0.2) is 9.78 Å². The third kappa shape index (κ3) is 6.89. The Morgan fingerprint density at radius 2 is 1.77 bits per heavy atom. The molecule has 0 atom stereocenters. The molecule has 1 aliphatic rings. The summed E-state index contributed by atoms with van der Waals surface area (Å²) in [6.07, 6.45) is 3.91. The quantitative estimate of drug-likeness (QED) is 0.126. The average molecular weight is 645 g/mol. The summed E-state index contributed by atoms with van der Waals surface area (Å²) in [4.78, 5) is 54.4. The van der Waals surface area contributed by atoms with E-state index in [1.54, 1.807) is 42.5 Å². The monoisotopic (exact) mass is 644 g/mol. The van der Waals surface area contributed by atoms with E-state index in [9.17, 15) is 19.7 Å². The van der Waals surface area contributed by atoms with Crippen molar-refractivity contribution in [3.8, 4) is 5.75 Å². The normalized spacial score (nSPS) is 12.4. The van der Waals surface area contributed by atoms with Gasteiger partial charge in [-0.3, -0.25) is 29.7 Å². The number of hydrogen-bond donors (Lipinski definition) is 2. The molecule has 0 bridgehead atoms. The minimum Gasteiger partial charge on any atom is -0.486 e. The van der Waals surface area contributed by atoms with Gasteiger partial charge in [0.1, 0.15) is 5.82 Å². The first-order valence-electron chi connectivity index (χ1n) is 15.1. The van der Waals surface area contributed by atoms with E-state index < -0.39 is 10.8 Å². The van der Waals surface area contributed by atoms with Crippen molar-refractivity contribution < 1.29 is 19.2 Å². The number of benzene rings is 3. The van der Waals surface area contributed by atoms with E-state index in [2.05, 4.69) is 25.6 Å². The summed E-state index contributed by atoms with van der Waals surface area (Å²) < 4.78 is 5.76. The maximum atomic E-state index is 13.6. The van der Waals surface area contributed by atoms with E-state index in [1.165, 1.54) is 23.1 Å². The van der Waals surface area contributed by atoms with E-state index in [-0.39, 0.29) is 36.2 Å². The molecular weight excluding hydrogens is 612 g/mol. The van der Waals surface area contributed by atoms with Gasteiger partial charge in [-0.15, -0.1) is 0 Å². The zero-order valence-electron chi connectivity index (χ0n) is 26.5. The largest absolute Gasteiger partial charge is 0.486 e. The molecule has 0 spiro atoms. The van der Waals surface area contributed by atoms with Crippen LogP contribution in [0.3, 0.4) is 0 Å². The summed E-state index contributed by atoms with van der Waals surface area (Å²) in [5.74, 6) is 0.336. The smallest absolute Gasteiger partial charge is 0.330 e. The van der Waals surface area contributed by atoms with Crippen LogP contribution >= 0.6 is 0 Å². The molecule has 0 saturated heterocycles. The van der Waals surface area contributed by atoms with Gasteiger partial charge in [0.05, 0.1) is 35.6 Å². The molecule has 2 N–H and O–H groups in total. The van der Waals surface area contributed by atoms with Gasteiger partial charge in [0.2, 0.25) is 5.95 Å². The van der Waals surface area contributed by atoms with Gasteiger partial charge >= 0.3 is 11.7 Å². The molecule has 0 fully saturated rings. The third-order valence-corrected chi connectivity index (χ3v) is 7.84. The summed E-state index contributed by atoms with van der Waals surface area (Å²) in [6, 6.07) is 22.3. The van der Waals surface area contributed by atoms with Crippen LogP contribution < -0.4 is 25.2 Å². The van der Waals surface area contributed by atoms with Gasteiger partial charge in [-0.2, -0.15) is 4.98 Å². The molecule has 6 rings (SSSR count). The highest BCUT2D eigenvalue weighted by Gasteiger charge is 2.32. The molecule has 3 heterocycles. The number of pyridine rings is 1. The van der Waals surface area contributed by atoms with Crippen LogP contribution in [-0.2, 0) is 13.0 Å². The number of aryl methyl sites for hydroxylation is 2. The van der Waals surface area contributed by atoms with Crippen LogP contribution in [0.1, 0.15) is 32.7 Å². The average Bonchev–Trinajstić information content (AvgIpc) is 3.09. The van der Waals surface area contributed by atoms with Crippen LogP contribution in [0.5, 0.6) is 5.75 Å². The van der Waals surface area contributed by atoms with Crippen LogP contribution in [0.15, 0.2) is 91.3 Å². The first-order valence-corrected chi connectivity index (χ1v) is 15.1. The van der Waals surface area contributed by atoms with Crippen LogP contribution in [0, 0.1) is 24.0 Å². The van der Waals surface area contributed by atoms with Gasteiger partial charge < -0.3 is 15.4 Å². The Labute approximate surface area is 276 Å². The van der Waals surface area contributed by atoms with E-state index >= 15 is 0 Å². The number of carbonyl (C=O) groups is 2. The molecule has 13 nitrogen and oxygen atoms in total. The number of fused-ring (bicyclic) bond motifs is 1. The molecule has 242 valence electrons. The summed E-state index contributed by atoms with van der Waals surface area (Å²) in [6.45, 7) is 4.19. The Balaban J connectivity index is 1.18. The molecule has 0 unspecified atom stereocenters. The Bertz CT molecular complexity index is 2000. The first-order chi connectivity index (χ1) is 23.2. The van der Waals surface area contributed by atoms with Gasteiger partial charge in [0.25, 0.3) is 5.91 Å². The van der Waals surface area contributed by atoms with Crippen LogP contribution in [0.2, 0.25) is 0 Å². The molecule has 3 amide bonds. The van der Waals surface area contributed by atoms with Crippen molar-refractivity contribution in [3.63, 3.8) is 0 Å². The third-order valence-electron chi connectivity index (χ3n) is 7.84. The number of amides is 3. The van der Waals surface area contributed by atoms with Crippen molar-refractivity contribution in [2.24, 2.45) is 0 Å². The van der Waals surface area contributed by atoms with Crippen molar-refractivity contribution in [3.05, 3.63) is 129 Å². The van der Waals surface area contributed by atoms with E-state index in [1.807, 2.05) is 56.3 Å².